The topological polar surface area (TPSA) is 46.1 Å². The summed E-state index contributed by atoms with van der Waals surface area (Å²) in [4.78, 5) is 12.7. The Bertz CT molecular complexity index is 950. The molecule has 0 amide bonds. The van der Waals surface area contributed by atoms with Gasteiger partial charge in [0, 0.05) is 25.2 Å². The van der Waals surface area contributed by atoms with E-state index in [9.17, 15) is 4.79 Å². The van der Waals surface area contributed by atoms with Gasteiger partial charge in [-0.05, 0) is 30.0 Å². The van der Waals surface area contributed by atoms with Crippen molar-refractivity contribution in [1.29, 1.82) is 0 Å². The highest BCUT2D eigenvalue weighted by molar-refractivity contribution is 5.55. The first kappa shape index (κ1) is 17.4. The van der Waals surface area contributed by atoms with E-state index in [1.807, 2.05) is 42.6 Å². The predicted molar refractivity (Wildman–Crippen MR) is 112 cm³/mol. The maximum atomic E-state index is 12.7. The van der Waals surface area contributed by atoms with Crippen molar-refractivity contribution in [2.75, 3.05) is 17.7 Å². The zero-order valence-corrected chi connectivity index (χ0v) is 15.6. The quantitative estimate of drug-likeness (QED) is 0.690. The van der Waals surface area contributed by atoms with Crippen LogP contribution in [-0.4, -0.2) is 17.7 Å². The smallest absolute Gasteiger partial charge is 0.274 e. The van der Waals surface area contributed by atoms with Crippen molar-refractivity contribution in [3.63, 3.8) is 0 Å². The molecule has 2 N–H and O–H groups in total. The third-order valence-corrected chi connectivity index (χ3v) is 5.41. The summed E-state index contributed by atoms with van der Waals surface area (Å²) in [5.74, 6) is 0.527. The summed E-state index contributed by atoms with van der Waals surface area (Å²) in [5, 5.41) is 6.70. The van der Waals surface area contributed by atoms with Crippen LogP contribution in [-0.2, 0) is 6.54 Å². The van der Waals surface area contributed by atoms with Gasteiger partial charge in [-0.15, -0.1) is 0 Å². The van der Waals surface area contributed by atoms with Gasteiger partial charge in [-0.2, -0.15) is 0 Å². The van der Waals surface area contributed by atoms with Crippen LogP contribution in [0.2, 0.25) is 0 Å². The maximum absolute atomic E-state index is 12.7. The van der Waals surface area contributed by atoms with Gasteiger partial charge in [0.2, 0.25) is 0 Å². The van der Waals surface area contributed by atoms with Crippen molar-refractivity contribution in [2.24, 2.45) is 0 Å². The van der Waals surface area contributed by atoms with E-state index in [2.05, 4.69) is 41.0 Å². The maximum Gasteiger partial charge on any atom is 0.274 e. The number of aromatic nitrogens is 1. The first-order chi connectivity index (χ1) is 13.2. The van der Waals surface area contributed by atoms with Crippen molar-refractivity contribution >= 4 is 11.4 Å². The molecule has 138 valence electrons. The van der Waals surface area contributed by atoms with Gasteiger partial charge in [0.15, 0.2) is 0 Å². The molecule has 0 bridgehead atoms. The molecule has 1 saturated carbocycles. The molecule has 2 atom stereocenters. The monoisotopic (exact) mass is 359 g/mol. The SMILES string of the molecule is CNc1cc(NC2CCC2c2ccccc2)cn(Cc2ccccc2)c1=O. The summed E-state index contributed by atoms with van der Waals surface area (Å²) in [7, 11) is 1.80. The number of hydrogen-bond acceptors (Lipinski definition) is 3. The Morgan fingerprint density at radius 1 is 1.00 bits per heavy atom. The standard InChI is InChI=1S/C23H25N3O/c1-24-22-14-19(16-26(23(22)27)15-17-8-4-2-5-9-17)25-21-13-12-20(21)18-10-6-3-7-11-18/h2-11,14,16,20-21,24-25H,12-13,15H2,1H3. The Hall–Kier alpha value is -3.01. The summed E-state index contributed by atoms with van der Waals surface area (Å²) < 4.78 is 1.78. The Balaban J connectivity index is 1.57. The molecule has 1 aliphatic carbocycles. The molecule has 4 heteroatoms. The van der Waals surface area contributed by atoms with E-state index in [0.717, 1.165) is 17.7 Å². The third kappa shape index (κ3) is 3.75. The number of benzene rings is 2. The minimum Gasteiger partial charge on any atom is -0.384 e. The number of rotatable bonds is 6. The van der Waals surface area contributed by atoms with Crippen LogP contribution in [0.1, 0.15) is 29.9 Å². The zero-order valence-electron chi connectivity index (χ0n) is 15.6. The molecule has 2 aromatic carbocycles. The van der Waals surface area contributed by atoms with E-state index in [-0.39, 0.29) is 5.56 Å². The van der Waals surface area contributed by atoms with E-state index in [0.29, 0.717) is 24.2 Å². The molecule has 4 nitrogen and oxygen atoms in total. The number of pyridine rings is 1. The molecular weight excluding hydrogens is 334 g/mol. The Labute approximate surface area is 159 Å². The van der Waals surface area contributed by atoms with Crippen LogP contribution in [0.4, 0.5) is 11.4 Å². The van der Waals surface area contributed by atoms with Crippen molar-refractivity contribution in [3.05, 3.63) is 94.4 Å². The summed E-state index contributed by atoms with van der Waals surface area (Å²) in [6, 6.07) is 23.1. The van der Waals surface area contributed by atoms with Crippen molar-refractivity contribution in [3.8, 4) is 0 Å². The summed E-state index contributed by atoms with van der Waals surface area (Å²) in [5.41, 5.74) is 4.10. The predicted octanol–water partition coefficient (Wildman–Crippen LogP) is 4.30. The van der Waals surface area contributed by atoms with Gasteiger partial charge < -0.3 is 15.2 Å². The number of hydrogen-bond donors (Lipinski definition) is 2. The lowest BCUT2D eigenvalue weighted by molar-refractivity contribution is 0.370. The second-order valence-corrected chi connectivity index (χ2v) is 7.16. The highest BCUT2D eigenvalue weighted by atomic mass is 16.1. The highest BCUT2D eigenvalue weighted by Gasteiger charge is 2.32. The van der Waals surface area contributed by atoms with Gasteiger partial charge in [-0.3, -0.25) is 4.79 Å². The average Bonchev–Trinajstić information content (AvgIpc) is 2.69. The minimum atomic E-state index is 0.000113. The van der Waals surface area contributed by atoms with Crippen LogP contribution in [0.5, 0.6) is 0 Å². The van der Waals surface area contributed by atoms with Gasteiger partial charge >= 0.3 is 0 Å². The average molecular weight is 359 g/mol. The fraction of sp³-hybridized carbons (Fsp3) is 0.261. The van der Waals surface area contributed by atoms with Crippen molar-refractivity contribution in [1.82, 2.24) is 4.57 Å². The largest absolute Gasteiger partial charge is 0.384 e. The molecule has 1 heterocycles. The van der Waals surface area contributed by atoms with Crippen LogP contribution < -0.4 is 16.2 Å². The Kier molecular flexibility index (Phi) is 4.97. The van der Waals surface area contributed by atoms with Crippen molar-refractivity contribution in [2.45, 2.75) is 31.3 Å². The van der Waals surface area contributed by atoms with Crippen LogP contribution in [0, 0.1) is 0 Å². The molecule has 0 radical (unpaired) electrons. The van der Waals surface area contributed by atoms with Crippen LogP contribution in [0.25, 0.3) is 0 Å². The van der Waals surface area contributed by atoms with E-state index in [4.69, 9.17) is 0 Å². The summed E-state index contributed by atoms with van der Waals surface area (Å²) in [6.45, 7) is 0.566. The number of anilines is 2. The summed E-state index contributed by atoms with van der Waals surface area (Å²) in [6.07, 6.45) is 4.28. The third-order valence-electron chi connectivity index (χ3n) is 5.41. The van der Waals surface area contributed by atoms with E-state index < -0.39 is 0 Å². The molecule has 27 heavy (non-hydrogen) atoms. The van der Waals surface area contributed by atoms with Crippen molar-refractivity contribution < 1.29 is 0 Å². The van der Waals surface area contributed by atoms with Gasteiger partial charge in [-0.1, -0.05) is 60.7 Å². The van der Waals surface area contributed by atoms with Crippen LogP contribution in [0.15, 0.2) is 77.7 Å². The molecule has 2 unspecified atom stereocenters. The van der Waals surface area contributed by atoms with Gasteiger partial charge in [-0.25, -0.2) is 0 Å². The lowest BCUT2D eigenvalue weighted by atomic mass is 9.75. The van der Waals surface area contributed by atoms with Gasteiger partial charge in [0.1, 0.15) is 5.69 Å². The second-order valence-electron chi connectivity index (χ2n) is 7.16. The lowest BCUT2D eigenvalue weighted by Gasteiger charge is -2.38. The molecule has 1 fully saturated rings. The molecular formula is C23H25N3O. The molecule has 1 aromatic heterocycles. The summed E-state index contributed by atoms with van der Waals surface area (Å²) >= 11 is 0. The normalized spacial score (nSPS) is 18.6. The number of nitrogens with one attached hydrogen (secondary N) is 2. The molecule has 3 aromatic rings. The first-order valence-corrected chi connectivity index (χ1v) is 9.52. The van der Waals surface area contributed by atoms with Gasteiger partial charge in [0.25, 0.3) is 5.56 Å². The van der Waals surface area contributed by atoms with E-state index >= 15 is 0 Å². The lowest BCUT2D eigenvalue weighted by Crippen LogP contribution is -2.37. The Morgan fingerprint density at radius 2 is 1.70 bits per heavy atom. The fourth-order valence-electron chi connectivity index (χ4n) is 3.78. The van der Waals surface area contributed by atoms with Crippen LogP contribution in [0.3, 0.4) is 0 Å². The van der Waals surface area contributed by atoms with E-state index in [1.54, 1.807) is 11.6 Å². The minimum absolute atomic E-state index is 0.000113. The molecule has 1 aliphatic rings. The van der Waals surface area contributed by atoms with Crippen LogP contribution >= 0.6 is 0 Å². The molecule has 0 spiro atoms. The Morgan fingerprint density at radius 3 is 2.33 bits per heavy atom. The van der Waals surface area contributed by atoms with Gasteiger partial charge in [0.05, 0.1) is 12.2 Å². The molecule has 0 aliphatic heterocycles. The fourth-order valence-corrected chi connectivity index (χ4v) is 3.78. The molecule has 4 rings (SSSR count). The first-order valence-electron chi connectivity index (χ1n) is 9.52. The zero-order chi connectivity index (χ0) is 18.6. The highest BCUT2D eigenvalue weighted by Crippen LogP contribution is 2.38. The second kappa shape index (κ2) is 7.70. The van der Waals surface area contributed by atoms with E-state index in [1.165, 1.54) is 12.0 Å². The number of nitrogens with zero attached hydrogens (tertiary/aromatic N) is 1. The molecule has 0 saturated heterocycles.